The molecule has 3 nitrogen and oxygen atoms in total. The Morgan fingerprint density at radius 2 is 1.83 bits per heavy atom. The van der Waals surface area contributed by atoms with Crippen LogP contribution in [0.2, 0.25) is 0 Å². The van der Waals surface area contributed by atoms with Crippen molar-refractivity contribution in [3.63, 3.8) is 0 Å². The lowest BCUT2D eigenvalue weighted by Gasteiger charge is -2.09. The number of benzene rings is 2. The zero-order valence-electron chi connectivity index (χ0n) is 10.0. The first kappa shape index (κ1) is 12.8. The Morgan fingerprint density at radius 3 is 2.44 bits per heavy atom. The summed E-state index contributed by atoms with van der Waals surface area (Å²) in [5, 5.41) is 0. The molecule has 0 saturated carbocycles. The van der Waals surface area contributed by atoms with Crippen LogP contribution in [0.25, 0.3) is 0 Å². The van der Waals surface area contributed by atoms with Gasteiger partial charge in [0.25, 0.3) is 0 Å². The van der Waals surface area contributed by atoms with Gasteiger partial charge in [0, 0.05) is 10.5 Å². The first-order chi connectivity index (χ1) is 8.69. The van der Waals surface area contributed by atoms with E-state index in [-0.39, 0.29) is 0 Å². The monoisotopic (exact) mass is 307 g/mol. The molecule has 18 heavy (non-hydrogen) atoms. The summed E-state index contributed by atoms with van der Waals surface area (Å²) in [6.07, 6.45) is 0. The van der Waals surface area contributed by atoms with Crippen LogP contribution in [-0.4, -0.2) is 7.11 Å². The number of rotatable bonds is 4. The van der Waals surface area contributed by atoms with Gasteiger partial charge in [0.15, 0.2) is 0 Å². The molecule has 0 atom stereocenters. The number of methoxy groups -OCH3 is 1. The number of hydrogen-bond donors (Lipinski definition) is 1. The molecule has 0 unspecified atom stereocenters. The normalized spacial score (nSPS) is 10.1. The molecule has 94 valence electrons. The maximum absolute atomic E-state index is 5.81. The highest BCUT2D eigenvalue weighted by atomic mass is 79.9. The number of nitrogens with two attached hydrogens (primary N) is 1. The van der Waals surface area contributed by atoms with E-state index in [1.165, 1.54) is 0 Å². The zero-order chi connectivity index (χ0) is 13.0. The van der Waals surface area contributed by atoms with Crippen molar-refractivity contribution in [3.8, 4) is 11.5 Å². The van der Waals surface area contributed by atoms with Gasteiger partial charge in [-0.05, 0) is 29.8 Å². The fourth-order valence-electron chi connectivity index (χ4n) is 1.55. The first-order valence-electron chi connectivity index (χ1n) is 5.50. The number of anilines is 1. The fraction of sp³-hybridized carbons (Fsp3) is 0.143. The highest BCUT2D eigenvalue weighted by Gasteiger charge is 2.02. The molecule has 0 fully saturated rings. The SMILES string of the molecule is COc1ccc(OCc2ccc(Br)cc2)cc1N. The lowest BCUT2D eigenvalue weighted by Crippen LogP contribution is -1.97. The van der Waals surface area contributed by atoms with Crippen molar-refractivity contribution in [1.82, 2.24) is 0 Å². The molecule has 0 aliphatic carbocycles. The van der Waals surface area contributed by atoms with Crippen LogP contribution in [0.4, 0.5) is 5.69 Å². The fourth-order valence-corrected chi connectivity index (χ4v) is 1.81. The molecule has 2 aromatic rings. The van der Waals surface area contributed by atoms with Crippen LogP contribution in [0.15, 0.2) is 46.9 Å². The van der Waals surface area contributed by atoms with E-state index < -0.39 is 0 Å². The van der Waals surface area contributed by atoms with Gasteiger partial charge in [-0.3, -0.25) is 0 Å². The highest BCUT2D eigenvalue weighted by Crippen LogP contribution is 2.26. The molecule has 2 rings (SSSR count). The van der Waals surface area contributed by atoms with E-state index in [1.54, 1.807) is 19.2 Å². The minimum atomic E-state index is 0.513. The van der Waals surface area contributed by atoms with E-state index in [4.69, 9.17) is 15.2 Å². The average Bonchev–Trinajstić information content (AvgIpc) is 2.38. The van der Waals surface area contributed by atoms with Crippen molar-refractivity contribution in [2.45, 2.75) is 6.61 Å². The summed E-state index contributed by atoms with van der Waals surface area (Å²) in [6.45, 7) is 0.513. The number of hydrogen-bond acceptors (Lipinski definition) is 3. The van der Waals surface area contributed by atoms with E-state index in [0.717, 1.165) is 15.8 Å². The quantitative estimate of drug-likeness (QED) is 0.877. The largest absolute Gasteiger partial charge is 0.495 e. The summed E-state index contributed by atoms with van der Waals surface area (Å²) in [5.41, 5.74) is 7.49. The predicted molar refractivity (Wildman–Crippen MR) is 75.9 cm³/mol. The topological polar surface area (TPSA) is 44.5 Å². The molecular formula is C14H14BrNO2. The third-order valence-corrected chi connectivity index (χ3v) is 3.05. The van der Waals surface area contributed by atoms with Crippen molar-refractivity contribution in [2.24, 2.45) is 0 Å². The minimum absolute atomic E-state index is 0.513. The Morgan fingerprint density at radius 1 is 1.11 bits per heavy atom. The van der Waals surface area contributed by atoms with Gasteiger partial charge in [-0.15, -0.1) is 0 Å². The van der Waals surface area contributed by atoms with E-state index in [2.05, 4.69) is 15.9 Å². The van der Waals surface area contributed by atoms with Gasteiger partial charge in [-0.25, -0.2) is 0 Å². The van der Waals surface area contributed by atoms with Gasteiger partial charge in [0.05, 0.1) is 12.8 Å². The Bertz CT molecular complexity index is 526. The summed E-state index contributed by atoms with van der Waals surface area (Å²) < 4.78 is 11.8. The van der Waals surface area contributed by atoms with Crippen LogP contribution >= 0.6 is 15.9 Å². The molecular weight excluding hydrogens is 294 g/mol. The minimum Gasteiger partial charge on any atom is -0.495 e. The van der Waals surface area contributed by atoms with Crippen LogP contribution in [-0.2, 0) is 6.61 Å². The van der Waals surface area contributed by atoms with E-state index in [1.807, 2.05) is 30.3 Å². The van der Waals surface area contributed by atoms with Gasteiger partial charge >= 0.3 is 0 Å². The van der Waals surface area contributed by atoms with E-state index in [9.17, 15) is 0 Å². The van der Waals surface area contributed by atoms with Crippen molar-refractivity contribution in [3.05, 3.63) is 52.5 Å². The molecule has 2 aromatic carbocycles. The van der Waals surface area contributed by atoms with Crippen LogP contribution in [0.3, 0.4) is 0 Å². The third kappa shape index (κ3) is 3.17. The summed E-state index contributed by atoms with van der Waals surface area (Å²) in [7, 11) is 1.59. The van der Waals surface area contributed by atoms with Crippen LogP contribution < -0.4 is 15.2 Å². The Hall–Kier alpha value is -1.68. The van der Waals surface area contributed by atoms with Crippen LogP contribution in [0.5, 0.6) is 11.5 Å². The zero-order valence-corrected chi connectivity index (χ0v) is 11.6. The summed E-state index contributed by atoms with van der Waals surface area (Å²) in [6, 6.07) is 13.4. The van der Waals surface area contributed by atoms with Crippen LogP contribution in [0.1, 0.15) is 5.56 Å². The number of nitrogen functional groups attached to an aromatic ring is 1. The first-order valence-corrected chi connectivity index (χ1v) is 6.29. The molecule has 0 aliphatic rings. The second-order valence-electron chi connectivity index (χ2n) is 3.82. The average molecular weight is 308 g/mol. The standard InChI is InChI=1S/C14H14BrNO2/c1-17-14-7-6-12(8-13(14)16)18-9-10-2-4-11(15)5-3-10/h2-8H,9,16H2,1H3. The molecule has 0 aromatic heterocycles. The summed E-state index contributed by atoms with van der Waals surface area (Å²) in [4.78, 5) is 0. The smallest absolute Gasteiger partial charge is 0.142 e. The highest BCUT2D eigenvalue weighted by molar-refractivity contribution is 9.10. The Labute approximate surface area is 115 Å². The number of halogens is 1. The lowest BCUT2D eigenvalue weighted by atomic mass is 10.2. The van der Waals surface area contributed by atoms with Crippen molar-refractivity contribution >= 4 is 21.6 Å². The van der Waals surface area contributed by atoms with Crippen molar-refractivity contribution < 1.29 is 9.47 Å². The van der Waals surface area contributed by atoms with Gasteiger partial charge in [0.1, 0.15) is 18.1 Å². The maximum atomic E-state index is 5.81. The Kier molecular flexibility index (Phi) is 4.10. The molecule has 0 bridgehead atoms. The molecule has 0 spiro atoms. The molecule has 0 saturated heterocycles. The summed E-state index contributed by atoms with van der Waals surface area (Å²) >= 11 is 3.40. The Balaban J connectivity index is 2.02. The van der Waals surface area contributed by atoms with Gasteiger partial charge in [-0.1, -0.05) is 28.1 Å². The van der Waals surface area contributed by atoms with E-state index in [0.29, 0.717) is 18.0 Å². The molecule has 0 amide bonds. The van der Waals surface area contributed by atoms with E-state index >= 15 is 0 Å². The van der Waals surface area contributed by atoms with Crippen molar-refractivity contribution in [2.75, 3.05) is 12.8 Å². The molecule has 4 heteroatoms. The van der Waals surface area contributed by atoms with Crippen LogP contribution in [0, 0.1) is 0 Å². The summed E-state index contributed by atoms with van der Waals surface area (Å²) in [5.74, 6) is 1.39. The molecule has 0 aliphatic heterocycles. The van der Waals surface area contributed by atoms with Gasteiger partial charge in [0.2, 0.25) is 0 Å². The third-order valence-electron chi connectivity index (χ3n) is 2.52. The van der Waals surface area contributed by atoms with Gasteiger partial charge in [-0.2, -0.15) is 0 Å². The number of ether oxygens (including phenoxy) is 2. The second kappa shape index (κ2) is 5.78. The predicted octanol–water partition coefficient (Wildman–Crippen LogP) is 3.62. The molecule has 0 radical (unpaired) electrons. The molecule has 0 heterocycles. The van der Waals surface area contributed by atoms with Gasteiger partial charge < -0.3 is 15.2 Å². The second-order valence-corrected chi connectivity index (χ2v) is 4.73. The lowest BCUT2D eigenvalue weighted by molar-refractivity contribution is 0.305. The maximum Gasteiger partial charge on any atom is 0.142 e. The van der Waals surface area contributed by atoms with Crippen molar-refractivity contribution in [1.29, 1.82) is 0 Å². The molecule has 2 N–H and O–H groups in total.